The topological polar surface area (TPSA) is 32.3 Å². The fourth-order valence-corrected chi connectivity index (χ4v) is 2.91. The Kier molecular flexibility index (Phi) is 5.70. The summed E-state index contributed by atoms with van der Waals surface area (Å²) in [4.78, 5) is 14.3. The summed E-state index contributed by atoms with van der Waals surface area (Å²) in [5, 5.41) is 3.67. The van der Waals surface area contributed by atoms with Gasteiger partial charge in [-0.25, -0.2) is 0 Å². The van der Waals surface area contributed by atoms with Crippen LogP contribution in [0.1, 0.15) is 26.2 Å². The Hall–Kier alpha value is -0.770. The zero-order valence-electron chi connectivity index (χ0n) is 11.7. The number of benzene rings is 1. The lowest BCUT2D eigenvalue weighted by atomic mass is 10.0. The van der Waals surface area contributed by atoms with Gasteiger partial charge in [0.15, 0.2) is 0 Å². The van der Waals surface area contributed by atoms with Crippen LogP contribution in [0, 0.1) is 5.92 Å². The second-order valence-corrected chi connectivity index (χ2v) is 6.23. The van der Waals surface area contributed by atoms with Gasteiger partial charge in [-0.05, 0) is 37.4 Å². The lowest BCUT2D eigenvalue weighted by molar-refractivity contribution is -0.116. The van der Waals surface area contributed by atoms with Crippen molar-refractivity contribution in [2.24, 2.45) is 5.92 Å². The number of nitrogens with zero attached hydrogens (tertiary/aromatic N) is 1. The molecule has 0 bridgehead atoms. The molecule has 1 fully saturated rings. The normalized spacial score (nSPS) is 19.9. The van der Waals surface area contributed by atoms with Gasteiger partial charge in [0.25, 0.3) is 0 Å². The molecule has 0 radical (unpaired) electrons. The minimum Gasteiger partial charge on any atom is -0.325 e. The first-order chi connectivity index (χ1) is 9.56. The van der Waals surface area contributed by atoms with Gasteiger partial charge in [0.05, 0.1) is 15.7 Å². The van der Waals surface area contributed by atoms with Crippen LogP contribution >= 0.6 is 23.2 Å². The van der Waals surface area contributed by atoms with Gasteiger partial charge >= 0.3 is 0 Å². The number of halogens is 2. The van der Waals surface area contributed by atoms with Crippen LogP contribution in [0.3, 0.4) is 0 Å². The molecule has 1 aromatic carbocycles. The molecule has 20 heavy (non-hydrogen) atoms. The van der Waals surface area contributed by atoms with E-state index in [1.807, 2.05) is 0 Å². The predicted octanol–water partition coefficient (Wildman–Crippen LogP) is 4.05. The standard InChI is InChI=1S/C15H20Cl2N2O/c1-11-4-3-8-19(10-11)9-7-14(20)18-13-6-2-5-12(16)15(13)17/h2,5-6,11H,3-4,7-10H2,1H3,(H,18,20). The number of hydrogen-bond donors (Lipinski definition) is 1. The Labute approximate surface area is 130 Å². The van der Waals surface area contributed by atoms with Crippen molar-refractivity contribution in [3.63, 3.8) is 0 Å². The fourth-order valence-electron chi connectivity index (χ4n) is 2.56. The fraction of sp³-hybridized carbons (Fsp3) is 0.533. The van der Waals surface area contributed by atoms with Crippen LogP contribution in [0.4, 0.5) is 5.69 Å². The highest BCUT2D eigenvalue weighted by molar-refractivity contribution is 6.43. The number of nitrogens with one attached hydrogen (secondary N) is 1. The highest BCUT2D eigenvalue weighted by Gasteiger charge is 2.17. The number of rotatable bonds is 4. The first-order valence-electron chi connectivity index (χ1n) is 7.02. The van der Waals surface area contributed by atoms with Gasteiger partial charge < -0.3 is 10.2 Å². The molecule has 5 heteroatoms. The van der Waals surface area contributed by atoms with Crippen molar-refractivity contribution in [3.8, 4) is 0 Å². The maximum absolute atomic E-state index is 12.0. The number of carbonyl (C=O) groups excluding carboxylic acids is 1. The van der Waals surface area contributed by atoms with Gasteiger partial charge in [-0.2, -0.15) is 0 Å². The zero-order valence-corrected chi connectivity index (χ0v) is 13.2. The molecular weight excluding hydrogens is 295 g/mol. The predicted molar refractivity (Wildman–Crippen MR) is 84.5 cm³/mol. The van der Waals surface area contributed by atoms with E-state index in [2.05, 4.69) is 17.1 Å². The molecule has 1 unspecified atom stereocenters. The van der Waals surface area contributed by atoms with Gasteiger partial charge in [-0.1, -0.05) is 36.2 Å². The van der Waals surface area contributed by atoms with Crippen molar-refractivity contribution < 1.29 is 4.79 Å². The molecule has 1 heterocycles. The molecule has 0 aromatic heterocycles. The molecule has 0 aliphatic carbocycles. The quantitative estimate of drug-likeness (QED) is 0.909. The van der Waals surface area contributed by atoms with Crippen molar-refractivity contribution in [2.75, 3.05) is 25.0 Å². The molecular formula is C15H20Cl2N2O. The average Bonchev–Trinajstić information content (AvgIpc) is 2.42. The monoisotopic (exact) mass is 314 g/mol. The van der Waals surface area contributed by atoms with Gasteiger partial charge in [0.2, 0.25) is 5.91 Å². The van der Waals surface area contributed by atoms with Crippen LogP contribution in [0.2, 0.25) is 10.0 Å². The van der Waals surface area contributed by atoms with Crippen LogP contribution in [0.15, 0.2) is 18.2 Å². The maximum Gasteiger partial charge on any atom is 0.225 e. The summed E-state index contributed by atoms with van der Waals surface area (Å²) in [6.45, 7) is 5.24. The van der Waals surface area contributed by atoms with Crippen LogP contribution in [0.25, 0.3) is 0 Å². The Bertz CT molecular complexity index is 479. The summed E-state index contributed by atoms with van der Waals surface area (Å²) in [5.74, 6) is 0.710. The van der Waals surface area contributed by atoms with Gasteiger partial charge in [0, 0.05) is 19.5 Å². The van der Waals surface area contributed by atoms with E-state index >= 15 is 0 Å². The lowest BCUT2D eigenvalue weighted by Crippen LogP contribution is -2.36. The minimum atomic E-state index is -0.0209. The van der Waals surface area contributed by atoms with E-state index < -0.39 is 0 Å². The second kappa shape index (κ2) is 7.30. The number of amides is 1. The number of hydrogen-bond acceptors (Lipinski definition) is 2. The molecule has 1 aromatic rings. The molecule has 1 N–H and O–H groups in total. The second-order valence-electron chi connectivity index (χ2n) is 5.45. The first kappa shape index (κ1) is 15.6. The maximum atomic E-state index is 12.0. The van der Waals surface area contributed by atoms with Crippen molar-refractivity contribution in [2.45, 2.75) is 26.2 Å². The van der Waals surface area contributed by atoms with E-state index in [1.54, 1.807) is 18.2 Å². The van der Waals surface area contributed by atoms with Crippen molar-refractivity contribution >= 4 is 34.8 Å². The van der Waals surface area contributed by atoms with E-state index in [4.69, 9.17) is 23.2 Å². The molecule has 1 aliphatic heterocycles. The van der Waals surface area contributed by atoms with Gasteiger partial charge in [-0.15, -0.1) is 0 Å². The molecule has 0 spiro atoms. The van der Waals surface area contributed by atoms with Crippen molar-refractivity contribution in [3.05, 3.63) is 28.2 Å². The third kappa shape index (κ3) is 4.37. The smallest absolute Gasteiger partial charge is 0.225 e. The minimum absolute atomic E-state index is 0.0209. The average molecular weight is 315 g/mol. The molecule has 2 rings (SSSR count). The Morgan fingerprint density at radius 2 is 2.25 bits per heavy atom. The third-order valence-corrected chi connectivity index (χ3v) is 4.44. The largest absolute Gasteiger partial charge is 0.325 e. The highest BCUT2D eigenvalue weighted by atomic mass is 35.5. The molecule has 1 saturated heterocycles. The summed E-state index contributed by atoms with van der Waals surface area (Å²) in [7, 11) is 0. The molecule has 1 atom stereocenters. The molecule has 3 nitrogen and oxygen atoms in total. The van der Waals surface area contributed by atoms with E-state index in [1.165, 1.54) is 12.8 Å². The first-order valence-corrected chi connectivity index (χ1v) is 7.78. The Morgan fingerprint density at radius 1 is 1.45 bits per heavy atom. The number of carbonyl (C=O) groups is 1. The molecule has 0 saturated carbocycles. The summed E-state index contributed by atoms with van der Waals surface area (Å²) in [5.41, 5.74) is 0.580. The van der Waals surface area contributed by atoms with E-state index in [9.17, 15) is 4.79 Å². The van der Waals surface area contributed by atoms with Crippen molar-refractivity contribution in [1.82, 2.24) is 4.90 Å². The molecule has 1 aliphatic rings. The Balaban J connectivity index is 1.82. The van der Waals surface area contributed by atoms with E-state index in [0.717, 1.165) is 25.6 Å². The van der Waals surface area contributed by atoms with Crippen LogP contribution in [-0.4, -0.2) is 30.4 Å². The number of piperidine rings is 1. The Morgan fingerprint density at radius 3 is 3.00 bits per heavy atom. The summed E-state index contributed by atoms with van der Waals surface area (Å²) < 4.78 is 0. The summed E-state index contributed by atoms with van der Waals surface area (Å²) in [6, 6.07) is 5.24. The molecule has 110 valence electrons. The van der Waals surface area contributed by atoms with E-state index in [0.29, 0.717) is 22.2 Å². The van der Waals surface area contributed by atoms with Crippen molar-refractivity contribution in [1.29, 1.82) is 0 Å². The SMILES string of the molecule is CC1CCCN(CCC(=O)Nc2cccc(Cl)c2Cl)C1. The number of anilines is 1. The van der Waals surface area contributed by atoms with Gasteiger partial charge in [0.1, 0.15) is 0 Å². The van der Waals surface area contributed by atoms with Gasteiger partial charge in [-0.3, -0.25) is 4.79 Å². The van der Waals surface area contributed by atoms with Crippen LogP contribution < -0.4 is 5.32 Å². The lowest BCUT2D eigenvalue weighted by Gasteiger charge is -2.30. The van der Waals surface area contributed by atoms with Crippen LogP contribution in [0.5, 0.6) is 0 Å². The summed E-state index contributed by atoms with van der Waals surface area (Å²) in [6.07, 6.45) is 3.00. The summed E-state index contributed by atoms with van der Waals surface area (Å²) >= 11 is 12.0. The van der Waals surface area contributed by atoms with Crippen LogP contribution in [-0.2, 0) is 4.79 Å². The highest BCUT2D eigenvalue weighted by Crippen LogP contribution is 2.29. The third-order valence-electron chi connectivity index (χ3n) is 3.62. The molecule has 1 amide bonds. The number of likely N-dealkylation sites (tertiary alicyclic amines) is 1. The van der Waals surface area contributed by atoms with E-state index in [-0.39, 0.29) is 5.91 Å². The zero-order chi connectivity index (χ0) is 14.5.